The average Bonchev–Trinajstić information content (AvgIpc) is 2.89. The number of benzene rings is 2. The maximum absolute atomic E-state index is 12.7. The van der Waals surface area contributed by atoms with Crippen LogP contribution in [-0.2, 0) is 20.9 Å². The van der Waals surface area contributed by atoms with Gasteiger partial charge in [0.2, 0.25) is 0 Å². The van der Waals surface area contributed by atoms with Gasteiger partial charge in [-0.15, -0.1) is 0 Å². The van der Waals surface area contributed by atoms with E-state index >= 15 is 0 Å². The second-order valence-corrected chi connectivity index (χ2v) is 9.06. The van der Waals surface area contributed by atoms with E-state index in [0.717, 1.165) is 5.56 Å². The monoisotopic (exact) mass is 465 g/mol. The van der Waals surface area contributed by atoms with Crippen molar-refractivity contribution in [3.63, 3.8) is 0 Å². The molecule has 6 nitrogen and oxygen atoms in total. The van der Waals surface area contributed by atoms with Crippen molar-refractivity contribution in [2.45, 2.75) is 70.9 Å². The van der Waals surface area contributed by atoms with Gasteiger partial charge in [0.05, 0.1) is 0 Å². The molecule has 182 valence electrons. The van der Waals surface area contributed by atoms with Gasteiger partial charge in [-0.3, -0.25) is 4.79 Å². The Morgan fingerprint density at radius 2 is 1.62 bits per heavy atom. The van der Waals surface area contributed by atoms with E-state index in [-0.39, 0.29) is 24.9 Å². The summed E-state index contributed by atoms with van der Waals surface area (Å²) in [5.74, 6) is -0.516. The Labute approximate surface area is 202 Å². The van der Waals surface area contributed by atoms with Crippen molar-refractivity contribution in [2.24, 2.45) is 5.92 Å². The van der Waals surface area contributed by atoms with Crippen LogP contribution in [0.3, 0.4) is 0 Å². The fourth-order valence-electron chi connectivity index (χ4n) is 4.25. The van der Waals surface area contributed by atoms with E-state index in [0.29, 0.717) is 17.9 Å². The van der Waals surface area contributed by atoms with Gasteiger partial charge in [-0.25, -0.2) is 9.59 Å². The van der Waals surface area contributed by atoms with Crippen LogP contribution in [0.15, 0.2) is 54.6 Å². The first-order valence-corrected chi connectivity index (χ1v) is 12.2. The molecule has 1 N–H and O–H groups in total. The standard InChI is InChI=1S/C28H35NO5/c1-3-20(2)26(29-28(32)34-18-21-10-6-4-7-11-21)27(31)33-19-25(30)24-16-14-23(15-17-24)22-12-8-5-9-13-22/h4,6-7,10-11,14-17,20,22,26H,3,5,8-9,12-13,18-19H2,1-2H3,(H,29,32)/t20-,26+/m0/s1. The number of Topliss-reactive ketones (excluding diaryl/α,β-unsaturated/α-hetero) is 1. The average molecular weight is 466 g/mol. The van der Waals surface area contributed by atoms with Crippen molar-refractivity contribution in [2.75, 3.05) is 6.61 Å². The van der Waals surface area contributed by atoms with Crippen molar-refractivity contribution in [1.29, 1.82) is 0 Å². The van der Waals surface area contributed by atoms with Gasteiger partial charge in [0.1, 0.15) is 12.6 Å². The SMILES string of the molecule is CC[C@H](C)[C@@H](NC(=O)OCc1ccccc1)C(=O)OCC(=O)c1ccc(C2CCCCC2)cc1. The molecule has 1 saturated carbocycles. The van der Waals surface area contributed by atoms with Gasteiger partial charge in [0.25, 0.3) is 0 Å². The Morgan fingerprint density at radius 1 is 0.941 bits per heavy atom. The zero-order valence-corrected chi connectivity index (χ0v) is 20.1. The summed E-state index contributed by atoms with van der Waals surface area (Å²) in [4.78, 5) is 37.6. The molecule has 1 fully saturated rings. The lowest BCUT2D eigenvalue weighted by atomic mass is 9.84. The van der Waals surface area contributed by atoms with Gasteiger partial charge in [0, 0.05) is 5.56 Å². The molecule has 0 spiro atoms. The number of carbonyl (C=O) groups is 3. The maximum Gasteiger partial charge on any atom is 0.408 e. The molecule has 1 aliphatic rings. The zero-order valence-electron chi connectivity index (χ0n) is 20.1. The normalized spacial score (nSPS) is 15.7. The third kappa shape index (κ3) is 7.44. The number of hydrogen-bond donors (Lipinski definition) is 1. The van der Waals surface area contributed by atoms with Gasteiger partial charge in [0.15, 0.2) is 12.4 Å². The van der Waals surface area contributed by atoms with Crippen molar-refractivity contribution in [3.8, 4) is 0 Å². The summed E-state index contributed by atoms with van der Waals surface area (Å²) in [6, 6.07) is 16.0. The third-order valence-electron chi connectivity index (χ3n) is 6.61. The second kappa shape index (κ2) is 12.9. The van der Waals surface area contributed by atoms with Gasteiger partial charge < -0.3 is 14.8 Å². The van der Waals surface area contributed by atoms with Gasteiger partial charge in [-0.05, 0) is 35.8 Å². The first-order valence-electron chi connectivity index (χ1n) is 12.2. The molecule has 1 amide bonds. The van der Waals surface area contributed by atoms with Gasteiger partial charge in [-0.1, -0.05) is 94.1 Å². The molecule has 2 aromatic carbocycles. The van der Waals surface area contributed by atoms with Crippen LogP contribution < -0.4 is 5.32 Å². The number of hydrogen-bond acceptors (Lipinski definition) is 5. The number of amides is 1. The van der Waals surface area contributed by atoms with E-state index in [1.54, 1.807) is 0 Å². The van der Waals surface area contributed by atoms with E-state index in [1.807, 2.05) is 68.4 Å². The minimum absolute atomic E-state index is 0.101. The number of nitrogens with one attached hydrogen (secondary N) is 1. The number of esters is 1. The Bertz CT molecular complexity index is 935. The molecule has 6 heteroatoms. The summed E-state index contributed by atoms with van der Waals surface area (Å²) in [7, 11) is 0. The van der Waals surface area contributed by atoms with Crippen molar-refractivity contribution in [1.82, 2.24) is 5.32 Å². The Balaban J connectivity index is 1.51. The summed E-state index contributed by atoms with van der Waals surface area (Å²) in [5.41, 5.74) is 2.63. The summed E-state index contributed by atoms with van der Waals surface area (Å²) < 4.78 is 10.5. The Morgan fingerprint density at radius 3 is 2.26 bits per heavy atom. The highest BCUT2D eigenvalue weighted by Gasteiger charge is 2.28. The molecule has 2 atom stereocenters. The topological polar surface area (TPSA) is 81.7 Å². The first-order chi connectivity index (χ1) is 16.5. The molecule has 0 saturated heterocycles. The predicted octanol–water partition coefficient (Wildman–Crippen LogP) is 5.80. The van der Waals surface area contributed by atoms with Crippen molar-refractivity contribution >= 4 is 17.8 Å². The van der Waals surface area contributed by atoms with E-state index in [9.17, 15) is 14.4 Å². The lowest BCUT2D eigenvalue weighted by molar-refractivity contribution is -0.146. The fraction of sp³-hybridized carbons (Fsp3) is 0.464. The number of carbonyl (C=O) groups excluding carboxylic acids is 3. The first kappa shape index (κ1) is 25.5. The number of rotatable bonds is 10. The van der Waals surface area contributed by atoms with Crippen LogP contribution in [-0.4, -0.2) is 30.5 Å². The van der Waals surface area contributed by atoms with Crippen LogP contribution in [0.5, 0.6) is 0 Å². The molecular weight excluding hydrogens is 430 g/mol. The van der Waals surface area contributed by atoms with Crippen LogP contribution in [0.4, 0.5) is 4.79 Å². The highest BCUT2D eigenvalue weighted by Crippen LogP contribution is 2.32. The maximum atomic E-state index is 12.7. The summed E-state index contributed by atoms with van der Waals surface area (Å²) in [6.07, 6.45) is 6.16. The van der Waals surface area contributed by atoms with Crippen LogP contribution >= 0.6 is 0 Å². The molecule has 1 aliphatic carbocycles. The molecule has 0 aliphatic heterocycles. The van der Waals surface area contributed by atoms with Crippen LogP contribution in [0, 0.1) is 5.92 Å². The molecule has 0 bridgehead atoms. The van der Waals surface area contributed by atoms with Crippen molar-refractivity contribution in [3.05, 3.63) is 71.3 Å². The second-order valence-electron chi connectivity index (χ2n) is 9.06. The molecule has 3 rings (SSSR count). The highest BCUT2D eigenvalue weighted by molar-refractivity contribution is 5.98. The van der Waals surface area contributed by atoms with Gasteiger partial charge >= 0.3 is 12.1 Å². The summed E-state index contributed by atoms with van der Waals surface area (Å²) in [6.45, 7) is 3.50. The highest BCUT2D eigenvalue weighted by atomic mass is 16.6. The largest absolute Gasteiger partial charge is 0.456 e. The lowest BCUT2D eigenvalue weighted by Gasteiger charge is -2.22. The van der Waals surface area contributed by atoms with E-state index < -0.39 is 18.1 Å². The minimum atomic E-state index is -0.894. The predicted molar refractivity (Wildman–Crippen MR) is 131 cm³/mol. The van der Waals surface area contributed by atoms with E-state index in [4.69, 9.17) is 9.47 Å². The van der Waals surface area contributed by atoms with Gasteiger partial charge in [-0.2, -0.15) is 0 Å². The van der Waals surface area contributed by atoms with E-state index in [1.165, 1.54) is 37.7 Å². The number of ether oxygens (including phenoxy) is 2. The molecule has 2 aromatic rings. The molecule has 0 aromatic heterocycles. The molecule has 34 heavy (non-hydrogen) atoms. The Hall–Kier alpha value is -3.15. The fourth-order valence-corrected chi connectivity index (χ4v) is 4.25. The molecule has 0 unspecified atom stereocenters. The smallest absolute Gasteiger partial charge is 0.408 e. The van der Waals surface area contributed by atoms with E-state index in [2.05, 4.69) is 5.32 Å². The zero-order chi connectivity index (χ0) is 24.3. The van der Waals surface area contributed by atoms with Crippen LogP contribution in [0.25, 0.3) is 0 Å². The van der Waals surface area contributed by atoms with Crippen LogP contribution in [0.1, 0.15) is 79.8 Å². The van der Waals surface area contributed by atoms with Crippen molar-refractivity contribution < 1.29 is 23.9 Å². The molecule has 0 heterocycles. The third-order valence-corrected chi connectivity index (χ3v) is 6.61. The number of alkyl carbamates (subject to hydrolysis) is 1. The summed E-state index contributed by atoms with van der Waals surface area (Å²) in [5, 5.41) is 2.60. The van der Waals surface area contributed by atoms with Crippen LogP contribution in [0.2, 0.25) is 0 Å². The quantitative estimate of drug-likeness (QED) is 0.354. The summed E-state index contributed by atoms with van der Waals surface area (Å²) >= 11 is 0. The minimum Gasteiger partial charge on any atom is -0.456 e. The Kier molecular flexibility index (Phi) is 9.68. The molecular formula is C28H35NO5. The molecule has 0 radical (unpaired) electrons. The lowest BCUT2D eigenvalue weighted by Crippen LogP contribution is -2.46. The number of ketones is 1.